The highest BCUT2D eigenvalue weighted by Crippen LogP contribution is 2.26. The maximum Gasteiger partial charge on any atom is 0.243 e. The fraction of sp³-hybridized carbons (Fsp3) is 0.231. The number of anilines is 1. The highest BCUT2D eigenvalue weighted by atomic mass is 79.9. The fourth-order valence-electron chi connectivity index (χ4n) is 1.74. The number of rotatable bonds is 4. The molecule has 21 heavy (non-hydrogen) atoms. The first kappa shape index (κ1) is 16.4. The third-order valence-corrected chi connectivity index (χ3v) is 6.53. The van der Waals surface area contributed by atoms with E-state index >= 15 is 0 Å². The Hall–Kier alpha value is -0.960. The van der Waals surface area contributed by atoms with Crippen molar-refractivity contribution in [1.82, 2.24) is 4.31 Å². The summed E-state index contributed by atoms with van der Waals surface area (Å²) in [4.78, 5) is 0.745. The number of hydrogen-bond acceptors (Lipinski definition) is 4. The molecule has 2 N–H and O–H groups in total. The molecule has 114 valence electrons. The minimum Gasteiger partial charge on any atom is -0.398 e. The van der Waals surface area contributed by atoms with E-state index in [1.54, 1.807) is 0 Å². The van der Waals surface area contributed by atoms with Crippen molar-refractivity contribution in [2.24, 2.45) is 0 Å². The van der Waals surface area contributed by atoms with Crippen molar-refractivity contribution in [2.45, 2.75) is 18.4 Å². The Morgan fingerprint density at radius 2 is 2.05 bits per heavy atom. The summed E-state index contributed by atoms with van der Waals surface area (Å²) in [6, 6.07) is 4.14. The van der Waals surface area contributed by atoms with Crippen molar-refractivity contribution >= 4 is 43.0 Å². The number of sulfonamides is 1. The van der Waals surface area contributed by atoms with Gasteiger partial charge in [-0.25, -0.2) is 12.8 Å². The number of halogens is 2. The summed E-state index contributed by atoms with van der Waals surface area (Å²) in [5, 5.41) is 1.87. The van der Waals surface area contributed by atoms with Gasteiger partial charge in [0, 0.05) is 39.6 Å². The van der Waals surface area contributed by atoms with Gasteiger partial charge in [0.15, 0.2) is 0 Å². The van der Waals surface area contributed by atoms with Gasteiger partial charge in [-0.05, 0) is 41.1 Å². The molecule has 0 saturated heterocycles. The molecule has 4 nitrogen and oxygen atoms in total. The number of nitrogen functional groups attached to an aromatic ring is 1. The topological polar surface area (TPSA) is 63.4 Å². The molecule has 0 unspecified atom stereocenters. The predicted octanol–water partition coefficient (Wildman–Crippen LogP) is 3.36. The average Bonchev–Trinajstić information content (AvgIpc) is 2.80. The lowest BCUT2D eigenvalue weighted by molar-refractivity contribution is 0.469. The van der Waals surface area contributed by atoms with Gasteiger partial charge in [-0.1, -0.05) is 0 Å². The molecule has 0 radical (unpaired) electrons. The second-order valence-electron chi connectivity index (χ2n) is 4.61. The van der Waals surface area contributed by atoms with Crippen LogP contribution in [0.1, 0.15) is 10.4 Å². The van der Waals surface area contributed by atoms with Gasteiger partial charge >= 0.3 is 0 Å². The van der Waals surface area contributed by atoms with Crippen molar-refractivity contribution in [3.05, 3.63) is 44.3 Å². The number of nitrogens with zero attached hydrogens (tertiary/aromatic N) is 1. The van der Waals surface area contributed by atoms with Gasteiger partial charge in [0.25, 0.3) is 0 Å². The van der Waals surface area contributed by atoms with Gasteiger partial charge in [-0.2, -0.15) is 4.31 Å². The quantitative estimate of drug-likeness (QED) is 0.811. The van der Waals surface area contributed by atoms with Gasteiger partial charge in [0.05, 0.1) is 4.90 Å². The van der Waals surface area contributed by atoms with Crippen LogP contribution in [0.3, 0.4) is 0 Å². The first-order valence-electron chi connectivity index (χ1n) is 5.96. The van der Waals surface area contributed by atoms with Gasteiger partial charge < -0.3 is 5.73 Å². The first-order valence-corrected chi connectivity index (χ1v) is 9.08. The monoisotopic (exact) mass is 392 g/mol. The second kappa shape index (κ2) is 6.04. The number of hydrogen-bond donors (Lipinski definition) is 1. The maximum atomic E-state index is 13.7. The third kappa shape index (κ3) is 3.45. The molecular weight excluding hydrogens is 379 g/mol. The summed E-state index contributed by atoms with van der Waals surface area (Å²) < 4.78 is 40.7. The average molecular weight is 393 g/mol. The zero-order valence-electron chi connectivity index (χ0n) is 11.4. The minimum absolute atomic E-state index is 0.126. The lowest BCUT2D eigenvalue weighted by atomic mass is 10.2. The Morgan fingerprint density at radius 3 is 2.57 bits per heavy atom. The van der Waals surface area contributed by atoms with Crippen molar-refractivity contribution in [1.29, 1.82) is 0 Å². The van der Waals surface area contributed by atoms with Crippen LogP contribution >= 0.6 is 27.3 Å². The van der Waals surface area contributed by atoms with Gasteiger partial charge in [0.1, 0.15) is 5.82 Å². The number of thiophene rings is 1. The van der Waals surface area contributed by atoms with Crippen LogP contribution in [-0.2, 0) is 16.6 Å². The van der Waals surface area contributed by atoms with Crippen LogP contribution in [0, 0.1) is 12.7 Å². The normalized spacial score (nSPS) is 12.0. The Bertz CT molecular complexity index is 751. The summed E-state index contributed by atoms with van der Waals surface area (Å²) in [6.45, 7) is 1.72. The molecule has 0 aliphatic carbocycles. The molecule has 8 heteroatoms. The molecule has 1 aromatic carbocycles. The van der Waals surface area contributed by atoms with Crippen LogP contribution in [0.2, 0.25) is 0 Å². The van der Waals surface area contributed by atoms with E-state index in [9.17, 15) is 12.8 Å². The summed E-state index contributed by atoms with van der Waals surface area (Å²) >= 11 is 4.77. The van der Waals surface area contributed by atoms with Crippen LogP contribution in [0.4, 0.5) is 10.1 Å². The van der Waals surface area contributed by atoms with Crippen molar-refractivity contribution < 1.29 is 12.8 Å². The fourth-order valence-corrected chi connectivity index (χ4v) is 4.53. The zero-order chi connectivity index (χ0) is 15.8. The zero-order valence-corrected chi connectivity index (χ0v) is 14.6. The van der Waals surface area contributed by atoms with Crippen molar-refractivity contribution in [2.75, 3.05) is 12.8 Å². The molecule has 0 saturated carbocycles. The van der Waals surface area contributed by atoms with E-state index in [0.717, 1.165) is 15.4 Å². The molecule has 0 aliphatic heterocycles. The van der Waals surface area contributed by atoms with Crippen molar-refractivity contribution in [3.63, 3.8) is 0 Å². The van der Waals surface area contributed by atoms with Crippen LogP contribution in [0.15, 0.2) is 32.9 Å². The largest absolute Gasteiger partial charge is 0.398 e. The Morgan fingerprint density at radius 1 is 1.38 bits per heavy atom. The van der Waals surface area contributed by atoms with Gasteiger partial charge in [-0.15, -0.1) is 11.3 Å². The smallest absolute Gasteiger partial charge is 0.243 e. The van der Waals surface area contributed by atoms with Gasteiger partial charge in [0.2, 0.25) is 10.0 Å². The molecule has 0 fully saturated rings. The van der Waals surface area contributed by atoms with E-state index in [0.29, 0.717) is 0 Å². The Kier molecular flexibility index (Phi) is 4.72. The first-order chi connectivity index (χ1) is 9.71. The Balaban J connectivity index is 2.33. The van der Waals surface area contributed by atoms with E-state index < -0.39 is 15.8 Å². The summed E-state index contributed by atoms with van der Waals surface area (Å²) in [5.41, 5.74) is 6.02. The second-order valence-corrected chi connectivity index (χ2v) is 8.57. The molecule has 2 rings (SSSR count). The van der Waals surface area contributed by atoms with E-state index in [-0.39, 0.29) is 22.7 Å². The molecule has 1 heterocycles. The van der Waals surface area contributed by atoms with Crippen molar-refractivity contribution in [3.8, 4) is 0 Å². The van der Waals surface area contributed by atoms with Crippen LogP contribution in [0.25, 0.3) is 0 Å². The third-order valence-electron chi connectivity index (χ3n) is 3.07. The van der Waals surface area contributed by atoms with E-state index in [2.05, 4.69) is 15.9 Å². The molecule has 0 amide bonds. The highest BCUT2D eigenvalue weighted by Gasteiger charge is 2.23. The van der Waals surface area contributed by atoms with Crippen LogP contribution in [-0.4, -0.2) is 19.8 Å². The molecule has 0 aliphatic rings. The minimum atomic E-state index is -3.78. The summed E-state index contributed by atoms with van der Waals surface area (Å²) in [5.74, 6) is -0.624. The SMILES string of the molecule is Cc1c(N)cc(S(=O)(=O)N(C)Cc2cc(Br)cs2)cc1F. The lowest BCUT2D eigenvalue weighted by Gasteiger charge is -2.17. The van der Waals surface area contributed by atoms with E-state index in [4.69, 9.17) is 5.73 Å². The van der Waals surface area contributed by atoms with E-state index in [1.165, 1.54) is 35.7 Å². The maximum absolute atomic E-state index is 13.7. The summed E-state index contributed by atoms with van der Waals surface area (Å²) in [6.07, 6.45) is 0. The van der Waals surface area contributed by atoms with Gasteiger partial charge in [-0.3, -0.25) is 0 Å². The molecular formula is C13H14BrFN2O2S2. The predicted molar refractivity (Wildman–Crippen MR) is 86.2 cm³/mol. The molecule has 2 aromatic rings. The molecule has 0 bridgehead atoms. The molecule has 1 aromatic heterocycles. The Labute approximate surface area is 135 Å². The molecule has 0 spiro atoms. The highest BCUT2D eigenvalue weighted by molar-refractivity contribution is 9.10. The summed E-state index contributed by atoms with van der Waals surface area (Å²) in [7, 11) is -2.33. The lowest BCUT2D eigenvalue weighted by Crippen LogP contribution is -2.26. The standard InChI is InChI=1S/C13H14BrFN2O2S2/c1-8-12(15)4-11(5-13(8)16)21(18,19)17(2)6-10-3-9(14)7-20-10/h3-5,7H,6,16H2,1-2H3. The number of nitrogens with two attached hydrogens (primary N) is 1. The molecule has 0 atom stereocenters. The number of benzene rings is 1. The van der Waals surface area contributed by atoms with E-state index in [1.807, 2.05) is 11.4 Å². The van der Waals surface area contributed by atoms with Crippen LogP contribution in [0.5, 0.6) is 0 Å². The van der Waals surface area contributed by atoms with Crippen LogP contribution < -0.4 is 5.73 Å².